The summed E-state index contributed by atoms with van der Waals surface area (Å²) in [6.07, 6.45) is -5.03. The summed E-state index contributed by atoms with van der Waals surface area (Å²) in [4.78, 5) is 14.9. The molecule has 2 amide bonds. The molecular formula is C21H25F3N4O3. The molecule has 10 heteroatoms. The van der Waals surface area contributed by atoms with Gasteiger partial charge in [-0.2, -0.15) is 13.2 Å². The molecule has 0 aromatic heterocycles. The van der Waals surface area contributed by atoms with Crippen LogP contribution in [-0.4, -0.2) is 61.5 Å². The molecule has 1 aliphatic heterocycles. The Bertz CT molecular complexity index is 852. The first kappa shape index (κ1) is 22.7. The molecule has 3 rings (SSSR count). The topological polar surface area (TPSA) is 91.1 Å². The monoisotopic (exact) mass is 438 g/mol. The van der Waals surface area contributed by atoms with Gasteiger partial charge in [0.15, 0.2) is 0 Å². The number of carbonyl (C=O) groups is 1. The van der Waals surface area contributed by atoms with E-state index in [0.717, 1.165) is 17.8 Å². The first-order chi connectivity index (χ1) is 14.7. The number of urea groups is 1. The van der Waals surface area contributed by atoms with E-state index in [1.165, 1.54) is 12.1 Å². The number of amides is 2. The zero-order chi connectivity index (χ0) is 22.4. The van der Waals surface area contributed by atoms with Crippen LogP contribution in [0.2, 0.25) is 0 Å². The van der Waals surface area contributed by atoms with Crippen molar-refractivity contribution in [2.24, 2.45) is 5.73 Å². The molecule has 0 unspecified atom stereocenters. The van der Waals surface area contributed by atoms with Crippen LogP contribution in [0.15, 0.2) is 48.5 Å². The zero-order valence-electron chi connectivity index (χ0n) is 16.8. The summed E-state index contributed by atoms with van der Waals surface area (Å²) >= 11 is 0. The molecule has 1 atom stereocenters. The number of benzene rings is 2. The van der Waals surface area contributed by atoms with Crippen molar-refractivity contribution in [1.29, 1.82) is 0 Å². The van der Waals surface area contributed by atoms with Gasteiger partial charge in [0.05, 0.1) is 5.56 Å². The molecule has 168 valence electrons. The van der Waals surface area contributed by atoms with Crippen LogP contribution in [0.3, 0.4) is 0 Å². The van der Waals surface area contributed by atoms with Gasteiger partial charge in [0.25, 0.3) is 0 Å². The fourth-order valence-corrected chi connectivity index (χ4v) is 3.37. The third-order valence-electron chi connectivity index (χ3n) is 4.97. The Morgan fingerprint density at radius 1 is 1.06 bits per heavy atom. The Morgan fingerprint density at radius 3 is 2.23 bits per heavy atom. The van der Waals surface area contributed by atoms with Crippen molar-refractivity contribution in [3.05, 3.63) is 54.1 Å². The molecule has 0 aliphatic carbocycles. The van der Waals surface area contributed by atoms with Crippen molar-refractivity contribution >= 4 is 17.4 Å². The number of nitrogens with two attached hydrogens (primary N) is 1. The van der Waals surface area contributed by atoms with Crippen molar-refractivity contribution in [2.75, 3.05) is 49.5 Å². The van der Waals surface area contributed by atoms with Crippen molar-refractivity contribution in [2.45, 2.75) is 12.3 Å². The molecule has 31 heavy (non-hydrogen) atoms. The van der Waals surface area contributed by atoms with Gasteiger partial charge < -0.3 is 25.8 Å². The number of halogens is 3. The van der Waals surface area contributed by atoms with Gasteiger partial charge in [-0.1, -0.05) is 0 Å². The number of primary amides is 1. The number of β-amino-alcohol motifs (C(OH)–C–C–N with tert-alkyl or cyclic N) is 1. The van der Waals surface area contributed by atoms with Gasteiger partial charge in [-0.3, -0.25) is 4.90 Å². The highest BCUT2D eigenvalue weighted by atomic mass is 19.4. The second-order valence-electron chi connectivity index (χ2n) is 7.31. The van der Waals surface area contributed by atoms with Crippen LogP contribution in [0, 0.1) is 0 Å². The number of anilines is 2. The minimum atomic E-state index is -4.34. The van der Waals surface area contributed by atoms with E-state index in [0.29, 0.717) is 44.2 Å². The highest BCUT2D eigenvalue weighted by Crippen LogP contribution is 2.30. The van der Waals surface area contributed by atoms with Crippen LogP contribution in [0.5, 0.6) is 5.75 Å². The Hall–Kier alpha value is -2.98. The van der Waals surface area contributed by atoms with Gasteiger partial charge in [-0.05, 0) is 48.5 Å². The number of aliphatic hydroxyl groups excluding tert-OH is 1. The van der Waals surface area contributed by atoms with Crippen LogP contribution in [0.1, 0.15) is 5.56 Å². The van der Waals surface area contributed by atoms with Crippen molar-refractivity contribution in [1.82, 2.24) is 4.90 Å². The fraction of sp³-hybridized carbons (Fsp3) is 0.381. The Labute approximate surface area is 178 Å². The number of hydrogen-bond acceptors (Lipinski definition) is 5. The average Bonchev–Trinajstić information content (AvgIpc) is 2.73. The summed E-state index contributed by atoms with van der Waals surface area (Å²) in [5.41, 5.74) is 5.70. The second kappa shape index (κ2) is 9.88. The normalized spacial score (nSPS) is 16.1. The number of aliphatic hydroxyl groups is 1. The maximum atomic E-state index is 12.7. The van der Waals surface area contributed by atoms with E-state index in [1.54, 1.807) is 24.3 Å². The molecule has 0 bridgehead atoms. The Morgan fingerprint density at radius 2 is 1.68 bits per heavy atom. The third kappa shape index (κ3) is 6.76. The number of rotatable bonds is 7. The molecule has 7 nitrogen and oxygen atoms in total. The highest BCUT2D eigenvalue weighted by Gasteiger charge is 2.30. The maximum Gasteiger partial charge on any atom is 0.416 e. The molecule has 2 aromatic rings. The quantitative estimate of drug-likeness (QED) is 0.619. The number of nitrogens with one attached hydrogen (secondary N) is 1. The van der Waals surface area contributed by atoms with Gasteiger partial charge >= 0.3 is 12.2 Å². The van der Waals surface area contributed by atoms with Gasteiger partial charge in [-0.15, -0.1) is 0 Å². The lowest BCUT2D eigenvalue weighted by Gasteiger charge is -2.37. The standard InChI is InChI=1S/C21H25F3N4O3/c22-21(23,24)15-1-5-17(6-2-15)28-11-9-27(10-12-28)13-18(29)14-31-19-7-3-16(4-8-19)26-20(25)30/h1-8,18,29H,9-14H2,(H3,25,26,30)/t18-/m0/s1. The molecule has 0 spiro atoms. The molecule has 1 aliphatic rings. The number of piperazine rings is 1. The smallest absolute Gasteiger partial charge is 0.416 e. The molecule has 1 fully saturated rings. The van der Waals surface area contributed by atoms with Crippen LogP contribution < -0.4 is 20.7 Å². The molecule has 1 heterocycles. The van der Waals surface area contributed by atoms with Crippen LogP contribution in [-0.2, 0) is 6.18 Å². The van der Waals surface area contributed by atoms with Crippen LogP contribution in [0.4, 0.5) is 29.3 Å². The predicted molar refractivity (Wildman–Crippen MR) is 111 cm³/mol. The van der Waals surface area contributed by atoms with Crippen LogP contribution in [0.25, 0.3) is 0 Å². The number of alkyl halides is 3. The number of carbonyl (C=O) groups excluding carboxylic acids is 1. The van der Waals surface area contributed by atoms with E-state index in [2.05, 4.69) is 10.2 Å². The zero-order valence-corrected chi connectivity index (χ0v) is 16.8. The molecule has 2 aromatic carbocycles. The van der Waals surface area contributed by atoms with Crippen LogP contribution >= 0.6 is 0 Å². The summed E-state index contributed by atoms with van der Waals surface area (Å²) in [5.74, 6) is 0.557. The van der Waals surface area contributed by atoms with Gasteiger partial charge in [0.1, 0.15) is 18.5 Å². The van der Waals surface area contributed by atoms with Crippen molar-refractivity contribution < 1.29 is 27.8 Å². The maximum absolute atomic E-state index is 12.7. The molecule has 0 saturated carbocycles. The predicted octanol–water partition coefficient (Wildman–Crippen LogP) is 2.76. The minimum absolute atomic E-state index is 0.113. The third-order valence-corrected chi connectivity index (χ3v) is 4.97. The number of nitrogens with zero attached hydrogens (tertiary/aromatic N) is 2. The van der Waals surface area contributed by atoms with E-state index >= 15 is 0 Å². The molecular weight excluding hydrogens is 413 g/mol. The minimum Gasteiger partial charge on any atom is -0.491 e. The SMILES string of the molecule is NC(=O)Nc1ccc(OC[C@@H](O)CN2CCN(c3ccc(C(F)(F)F)cc3)CC2)cc1. The molecule has 4 N–H and O–H groups in total. The van der Waals surface area contributed by atoms with Crippen molar-refractivity contribution in [3.8, 4) is 5.75 Å². The summed E-state index contributed by atoms with van der Waals surface area (Å²) in [6.45, 7) is 3.24. The van der Waals surface area contributed by atoms with Gasteiger partial charge in [0, 0.05) is 44.1 Å². The fourth-order valence-electron chi connectivity index (χ4n) is 3.37. The van der Waals surface area contributed by atoms with E-state index in [4.69, 9.17) is 10.5 Å². The Kier molecular flexibility index (Phi) is 7.24. The largest absolute Gasteiger partial charge is 0.491 e. The van der Waals surface area contributed by atoms with E-state index < -0.39 is 23.9 Å². The van der Waals surface area contributed by atoms with E-state index in [9.17, 15) is 23.1 Å². The summed E-state index contributed by atoms with van der Waals surface area (Å²) in [6, 6.07) is 11.2. The Balaban J connectivity index is 1.40. The van der Waals surface area contributed by atoms with E-state index in [-0.39, 0.29) is 6.61 Å². The summed E-state index contributed by atoms with van der Waals surface area (Å²) < 4.78 is 43.7. The second-order valence-corrected chi connectivity index (χ2v) is 7.31. The van der Waals surface area contributed by atoms with Gasteiger partial charge in [-0.25, -0.2) is 4.79 Å². The molecule has 1 saturated heterocycles. The summed E-state index contributed by atoms with van der Waals surface area (Å²) in [5, 5.41) is 12.7. The first-order valence-electron chi connectivity index (χ1n) is 9.82. The highest BCUT2D eigenvalue weighted by molar-refractivity contribution is 5.87. The number of hydrogen-bond donors (Lipinski definition) is 3. The number of ether oxygens (including phenoxy) is 1. The summed E-state index contributed by atoms with van der Waals surface area (Å²) in [7, 11) is 0. The van der Waals surface area contributed by atoms with E-state index in [1.807, 2.05) is 4.90 Å². The van der Waals surface area contributed by atoms with Gasteiger partial charge in [0.2, 0.25) is 0 Å². The van der Waals surface area contributed by atoms with Crippen molar-refractivity contribution in [3.63, 3.8) is 0 Å². The lowest BCUT2D eigenvalue weighted by Crippen LogP contribution is -2.49. The molecule has 0 radical (unpaired) electrons. The lowest BCUT2D eigenvalue weighted by atomic mass is 10.1. The average molecular weight is 438 g/mol. The lowest BCUT2D eigenvalue weighted by molar-refractivity contribution is -0.137. The first-order valence-corrected chi connectivity index (χ1v) is 9.82.